The predicted molar refractivity (Wildman–Crippen MR) is 67.2 cm³/mol. The van der Waals surface area contributed by atoms with Crippen molar-refractivity contribution in [2.24, 2.45) is 0 Å². The summed E-state index contributed by atoms with van der Waals surface area (Å²) in [6.45, 7) is 3.24. The molecule has 0 aliphatic carbocycles. The van der Waals surface area contributed by atoms with E-state index >= 15 is 0 Å². The minimum absolute atomic E-state index is 0.220. The number of likely N-dealkylation sites (tertiary alicyclic amines) is 1. The lowest BCUT2D eigenvalue weighted by Crippen LogP contribution is -2.38. The van der Waals surface area contributed by atoms with Gasteiger partial charge in [-0.15, -0.1) is 0 Å². The smallest absolute Gasteiger partial charge is 0.410 e. The predicted octanol–water partition coefficient (Wildman–Crippen LogP) is 2.30. The third-order valence-corrected chi connectivity index (χ3v) is 3.02. The lowest BCUT2D eigenvalue weighted by atomic mass is 10.1. The van der Waals surface area contributed by atoms with Crippen LogP contribution in [0.5, 0.6) is 0 Å². The Morgan fingerprint density at radius 2 is 2.06 bits per heavy atom. The molecule has 1 aromatic rings. The Kier molecular flexibility index (Phi) is 3.97. The Balaban J connectivity index is 1.83. The minimum atomic E-state index is -0.330. The monoisotopic (exact) mass is 247 g/mol. The third kappa shape index (κ3) is 3.32. The summed E-state index contributed by atoms with van der Waals surface area (Å²) < 4.78 is 5.23. The summed E-state index contributed by atoms with van der Waals surface area (Å²) in [5.74, 6) is 0.220. The van der Waals surface area contributed by atoms with Crippen LogP contribution in [-0.2, 0) is 16.1 Å². The van der Waals surface area contributed by atoms with Gasteiger partial charge < -0.3 is 9.64 Å². The van der Waals surface area contributed by atoms with Crippen molar-refractivity contribution in [3.05, 3.63) is 35.4 Å². The lowest BCUT2D eigenvalue weighted by Gasteiger charge is -2.25. The highest BCUT2D eigenvalue weighted by molar-refractivity contribution is 5.81. The van der Waals surface area contributed by atoms with E-state index in [0.717, 1.165) is 11.1 Å². The number of ether oxygens (including phenoxy) is 1. The van der Waals surface area contributed by atoms with Gasteiger partial charge in [-0.2, -0.15) is 0 Å². The Morgan fingerprint density at radius 3 is 2.72 bits per heavy atom. The van der Waals surface area contributed by atoms with Crippen LogP contribution < -0.4 is 0 Å². The van der Waals surface area contributed by atoms with Gasteiger partial charge in [0, 0.05) is 25.9 Å². The number of hydrogen-bond acceptors (Lipinski definition) is 3. The molecule has 0 spiro atoms. The van der Waals surface area contributed by atoms with Crippen LogP contribution in [0, 0.1) is 6.92 Å². The summed E-state index contributed by atoms with van der Waals surface area (Å²) in [6.07, 6.45) is 0.558. The van der Waals surface area contributed by atoms with Crippen molar-refractivity contribution < 1.29 is 14.3 Å². The molecule has 0 atom stereocenters. The van der Waals surface area contributed by atoms with Gasteiger partial charge in [0.1, 0.15) is 12.4 Å². The van der Waals surface area contributed by atoms with Crippen molar-refractivity contribution in [3.63, 3.8) is 0 Å². The molecule has 96 valence electrons. The van der Waals surface area contributed by atoms with Crippen molar-refractivity contribution in [2.75, 3.05) is 13.1 Å². The fourth-order valence-corrected chi connectivity index (χ4v) is 1.98. The molecular formula is C14H17NO3. The quantitative estimate of drug-likeness (QED) is 0.805. The maximum Gasteiger partial charge on any atom is 0.410 e. The number of nitrogens with zero attached hydrogens (tertiary/aromatic N) is 1. The van der Waals surface area contributed by atoms with E-state index in [1.54, 1.807) is 4.90 Å². The topological polar surface area (TPSA) is 46.6 Å². The highest BCUT2D eigenvalue weighted by Crippen LogP contribution is 2.10. The van der Waals surface area contributed by atoms with Crippen LogP contribution in [0.2, 0.25) is 0 Å². The van der Waals surface area contributed by atoms with E-state index in [1.807, 2.05) is 31.2 Å². The molecule has 4 heteroatoms. The van der Waals surface area contributed by atoms with Crippen LogP contribution in [-0.4, -0.2) is 29.9 Å². The number of aryl methyl sites for hydroxylation is 1. The van der Waals surface area contributed by atoms with Crippen LogP contribution in [0.25, 0.3) is 0 Å². The summed E-state index contributed by atoms with van der Waals surface area (Å²) in [5.41, 5.74) is 2.13. The van der Waals surface area contributed by atoms with E-state index < -0.39 is 0 Å². The number of benzene rings is 1. The van der Waals surface area contributed by atoms with Gasteiger partial charge >= 0.3 is 6.09 Å². The zero-order chi connectivity index (χ0) is 13.0. The van der Waals surface area contributed by atoms with E-state index in [9.17, 15) is 9.59 Å². The summed E-state index contributed by atoms with van der Waals surface area (Å²) in [6, 6.07) is 7.87. The molecule has 0 aromatic heterocycles. The van der Waals surface area contributed by atoms with Crippen molar-refractivity contribution >= 4 is 11.9 Å². The second-order valence-corrected chi connectivity index (χ2v) is 4.57. The molecule has 0 saturated carbocycles. The summed E-state index contributed by atoms with van der Waals surface area (Å²) >= 11 is 0. The molecule has 0 bridgehead atoms. The fraction of sp³-hybridized carbons (Fsp3) is 0.429. The van der Waals surface area contributed by atoms with Gasteiger partial charge in [-0.1, -0.05) is 29.8 Å². The zero-order valence-corrected chi connectivity index (χ0v) is 10.5. The first-order chi connectivity index (χ1) is 8.65. The minimum Gasteiger partial charge on any atom is -0.445 e. The molecule has 0 unspecified atom stereocenters. The van der Waals surface area contributed by atoms with Crippen molar-refractivity contribution in [2.45, 2.75) is 26.4 Å². The maximum atomic E-state index is 11.8. The number of Topliss-reactive ketones (excluding diaryl/α,β-unsaturated/α-hetero) is 1. The molecule has 1 aliphatic heterocycles. The normalized spacial score (nSPS) is 15.6. The first kappa shape index (κ1) is 12.6. The standard InChI is InChI=1S/C14H17NO3/c1-11-3-2-4-12(9-11)10-18-14(17)15-7-5-13(16)6-8-15/h2-4,9H,5-8,10H2,1H3. The van der Waals surface area contributed by atoms with Crippen LogP contribution in [0.4, 0.5) is 4.79 Å². The average Bonchev–Trinajstić information content (AvgIpc) is 2.37. The van der Waals surface area contributed by atoms with Gasteiger partial charge in [0.15, 0.2) is 0 Å². The van der Waals surface area contributed by atoms with Crippen LogP contribution >= 0.6 is 0 Å². The summed E-state index contributed by atoms with van der Waals surface area (Å²) in [4.78, 5) is 24.4. The number of ketones is 1. The van der Waals surface area contributed by atoms with Crippen molar-refractivity contribution in [1.29, 1.82) is 0 Å². The van der Waals surface area contributed by atoms with E-state index in [4.69, 9.17) is 4.74 Å². The molecule has 2 rings (SSSR count). The molecule has 1 aromatic carbocycles. The van der Waals surface area contributed by atoms with Crippen LogP contribution in [0.3, 0.4) is 0 Å². The number of carbonyl (C=O) groups excluding carboxylic acids is 2. The lowest BCUT2D eigenvalue weighted by molar-refractivity contribution is -0.121. The largest absolute Gasteiger partial charge is 0.445 e. The molecule has 1 heterocycles. The number of rotatable bonds is 2. The second kappa shape index (κ2) is 5.67. The molecule has 1 aliphatic rings. The zero-order valence-electron chi connectivity index (χ0n) is 10.5. The molecular weight excluding hydrogens is 230 g/mol. The second-order valence-electron chi connectivity index (χ2n) is 4.57. The van der Waals surface area contributed by atoms with E-state index in [2.05, 4.69) is 0 Å². The third-order valence-electron chi connectivity index (χ3n) is 3.02. The highest BCUT2D eigenvalue weighted by atomic mass is 16.6. The molecule has 4 nitrogen and oxygen atoms in total. The van der Waals surface area contributed by atoms with E-state index in [-0.39, 0.29) is 18.5 Å². The Morgan fingerprint density at radius 1 is 1.33 bits per heavy atom. The first-order valence-electron chi connectivity index (χ1n) is 6.14. The highest BCUT2D eigenvalue weighted by Gasteiger charge is 2.21. The van der Waals surface area contributed by atoms with Crippen molar-refractivity contribution in [1.82, 2.24) is 4.90 Å². The van der Waals surface area contributed by atoms with Gasteiger partial charge in [0.2, 0.25) is 0 Å². The number of carbonyl (C=O) groups is 2. The van der Waals surface area contributed by atoms with Crippen LogP contribution in [0.15, 0.2) is 24.3 Å². The molecule has 1 saturated heterocycles. The SMILES string of the molecule is Cc1cccc(COC(=O)N2CCC(=O)CC2)c1. The molecule has 0 radical (unpaired) electrons. The Bertz CT molecular complexity index is 446. The Hall–Kier alpha value is -1.84. The van der Waals surface area contributed by atoms with Crippen LogP contribution in [0.1, 0.15) is 24.0 Å². The molecule has 18 heavy (non-hydrogen) atoms. The molecule has 1 amide bonds. The van der Waals surface area contributed by atoms with Crippen molar-refractivity contribution in [3.8, 4) is 0 Å². The van der Waals surface area contributed by atoms with Gasteiger partial charge in [-0.05, 0) is 12.5 Å². The number of amides is 1. The Labute approximate surface area is 107 Å². The molecule has 0 N–H and O–H groups in total. The van der Waals surface area contributed by atoms with E-state index in [1.165, 1.54) is 0 Å². The number of piperidine rings is 1. The number of hydrogen-bond donors (Lipinski definition) is 0. The first-order valence-corrected chi connectivity index (χ1v) is 6.14. The average molecular weight is 247 g/mol. The summed E-state index contributed by atoms with van der Waals surface area (Å²) in [7, 11) is 0. The van der Waals surface area contributed by atoms with Gasteiger partial charge in [0.05, 0.1) is 0 Å². The van der Waals surface area contributed by atoms with Gasteiger partial charge in [-0.25, -0.2) is 4.79 Å². The van der Waals surface area contributed by atoms with Gasteiger partial charge in [0.25, 0.3) is 0 Å². The summed E-state index contributed by atoms with van der Waals surface area (Å²) in [5, 5.41) is 0. The van der Waals surface area contributed by atoms with Gasteiger partial charge in [-0.3, -0.25) is 4.79 Å². The molecule has 1 fully saturated rings. The maximum absolute atomic E-state index is 11.8. The fourth-order valence-electron chi connectivity index (χ4n) is 1.98. The van der Waals surface area contributed by atoms with E-state index in [0.29, 0.717) is 25.9 Å².